The molecule has 1 heterocycles. The van der Waals surface area contributed by atoms with Gasteiger partial charge in [0.25, 0.3) is 0 Å². The first-order valence-corrected chi connectivity index (χ1v) is 8.13. The molecule has 0 aliphatic carbocycles. The minimum atomic E-state index is -0.712. The van der Waals surface area contributed by atoms with E-state index in [2.05, 4.69) is 16.1 Å². The van der Waals surface area contributed by atoms with Gasteiger partial charge in [0.1, 0.15) is 16.9 Å². The molecule has 3 rings (SSSR count). The molecule has 0 aliphatic heterocycles. The summed E-state index contributed by atoms with van der Waals surface area (Å²) in [7, 11) is 2.42. The Kier molecular flexibility index (Phi) is 7.14. The van der Waals surface area contributed by atoms with Gasteiger partial charge in [-0.05, 0) is 29.8 Å². The Morgan fingerprint density at radius 2 is 1.52 bits per heavy atom. The number of hydrogen-bond acceptors (Lipinski definition) is 5. The van der Waals surface area contributed by atoms with Gasteiger partial charge in [0.15, 0.2) is 0 Å². The molecule has 0 atom stereocenters. The molecule has 0 spiro atoms. The number of hydrogen-bond donors (Lipinski definition) is 0. The Morgan fingerprint density at radius 1 is 0.926 bits per heavy atom. The summed E-state index contributed by atoms with van der Waals surface area (Å²) in [5.41, 5.74) is 1.52. The summed E-state index contributed by atoms with van der Waals surface area (Å²) in [4.78, 5) is 22.7. The van der Waals surface area contributed by atoms with Crippen LogP contribution in [-0.4, -0.2) is 26.2 Å². The van der Waals surface area contributed by atoms with Crippen molar-refractivity contribution in [1.29, 1.82) is 0 Å². The number of carbonyl (C=O) groups is 2. The van der Waals surface area contributed by atoms with Gasteiger partial charge >= 0.3 is 11.9 Å². The number of benzene rings is 2. The topological polar surface area (TPSA) is 65.7 Å². The molecule has 0 aliphatic rings. The van der Waals surface area contributed by atoms with Gasteiger partial charge in [-0.25, -0.2) is 9.59 Å². The molecule has 5 heteroatoms. The average molecular weight is 364 g/mol. The Morgan fingerprint density at radius 3 is 2.07 bits per heavy atom. The van der Waals surface area contributed by atoms with E-state index in [9.17, 15) is 9.59 Å². The van der Waals surface area contributed by atoms with Crippen molar-refractivity contribution < 1.29 is 23.5 Å². The maximum absolute atomic E-state index is 11.3. The van der Waals surface area contributed by atoms with E-state index in [4.69, 9.17) is 4.42 Å². The number of fused-ring (bicyclic) bond motifs is 1. The van der Waals surface area contributed by atoms with Crippen molar-refractivity contribution in [2.75, 3.05) is 14.2 Å². The van der Waals surface area contributed by atoms with Gasteiger partial charge in [-0.2, -0.15) is 0 Å². The fourth-order valence-electron chi connectivity index (χ4n) is 2.24. The largest absolute Gasteiger partial charge is 0.465 e. The molecule has 3 aromatic rings. The molecule has 0 N–H and O–H groups in total. The Labute approximate surface area is 157 Å². The monoisotopic (exact) mass is 364 g/mol. The normalized spacial score (nSPS) is 9.56. The Bertz CT molecular complexity index is 900. The maximum atomic E-state index is 11.3. The van der Waals surface area contributed by atoms with E-state index in [0.717, 1.165) is 22.3 Å². The summed E-state index contributed by atoms with van der Waals surface area (Å²) in [6, 6.07) is 18.9. The Hall–Kier alpha value is -3.60. The van der Waals surface area contributed by atoms with Crippen molar-refractivity contribution in [3.05, 3.63) is 84.1 Å². The van der Waals surface area contributed by atoms with Gasteiger partial charge in [-0.1, -0.05) is 55.1 Å². The summed E-state index contributed by atoms with van der Waals surface area (Å²) in [6.07, 6.45) is 3.14. The third kappa shape index (κ3) is 5.44. The third-order valence-corrected chi connectivity index (χ3v) is 3.57. The van der Waals surface area contributed by atoms with Crippen LogP contribution < -0.4 is 0 Å². The lowest BCUT2D eigenvalue weighted by Crippen LogP contribution is -2.15. The van der Waals surface area contributed by atoms with Crippen molar-refractivity contribution in [3.63, 3.8) is 0 Å². The van der Waals surface area contributed by atoms with E-state index < -0.39 is 11.9 Å². The van der Waals surface area contributed by atoms with Crippen LogP contribution in [0.15, 0.2) is 77.2 Å². The molecule has 2 aromatic carbocycles. The highest BCUT2D eigenvalue weighted by atomic mass is 16.5. The lowest BCUT2D eigenvalue weighted by molar-refractivity contribution is -0.143. The molecule has 27 heavy (non-hydrogen) atoms. The fourth-order valence-corrected chi connectivity index (χ4v) is 2.24. The van der Waals surface area contributed by atoms with Crippen molar-refractivity contribution in [2.45, 2.75) is 0 Å². The maximum Gasteiger partial charge on any atom is 0.345 e. The van der Waals surface area contributed by atoms with Gasteiger partial charge in [-0.15, -0.1) is 0 Å². The van der Waals surface area contributed by atoms with Gasteiger partial charge in [-0.3, -0.25) is 0 Å². The lowest BCUT2D eigenvalue weighted by atomic mass is 10.1. The van der Waals surface area contributed by atoms with Crippen LogP contribution in [0.25, 0.3) is 23.1 Å². The highest BCUT2D eigenvalue weighted by Gasteiger charge is 2.19. The second-order valence-corrected chi connectivity index (χ2v) is 5.34. The van der Waals surface area contributed by atoms with E-state index in [0.29, 0.717) is 0 Å². The molecule has 0 amide bonds. The second-order valence-electron chi connectivity index (χ2n) is 5.34. The first-order chi connectivity index (χ1) is 13.1. The van der Waals surface area contributed by atoms with Gasteiger partial charge in [0.2, 0.25) is 0 Å². The molecule has 0 saturated heterocycles. The number of para-hydroxylation sites is 1. The summed E-state index contributed by atoms with van der Waals surface area (Å²) >= 11 is 0. The van der Waals surface area contributed by atoms with Crippen molar-refractivity contribution in [1.82, 2.24) is 0 Å². The number of ether oxygens (including phenoxy) is 2. The summed E-state index contributed by atoms with van der Waals surface area (Å²) in [6.45, 7) is 3.63. The zero-order chi connectivity index (χ0) is 19.6. The number of esters is 2. The smallest absolute Gasteiger partial charge is 0.345 e. The molecule has 5 nitrogen and oxygen atoms in total. The van der Waals surface area contributed by atoms with Crippen LogP contribution in [0.3, 0.4) is 0 Å². The fraction of sp³-hybridized carbons (Fsp3) is 0.0909. The van der Waals surface area contributed by atoms with E-state index >= 15 is 0 Å². The molecule has 138 valence electrons. The summed E-state index contributed by atoms with van der Waals surface area (Å²) in [5.74, 6) is -0.599. The molecular formula is C22H20O5. The van der Waals surface area contributed by atoms with Crippen LogP contribution in [0, 0.1) is 0 Å². The summed E-state index contributed by atoms with van der Waals surface area (Å²) < 4.78 is 14.4. The molecule has 1 aromatic heterocycles. The van der Waals surface area contributed by atoms with Gasteiger partial charge < -0.3 is 13.9 Å². The van der Waals surface area contributed by atoms with Gasteiger partial charge in [0.05, 0.1) is 14.2 Å². The standard InChI is InChI=1S/C12H12O4.C10H8O/c1-15-11(13)10(12(14)16-2)8-9-6-4-3-5-7-9;1-2-9-7-8-5-3-4-6-10(8)11-9/h3-8H,1-2H3;2-7H,1H2. The van der Waals surface area contributed by atoms with Crippen LogP contribution in [0.2, 0.25) is 0 Å². The average Bonchev–Trinajstić information content (AvgIpc) is 3.15. The lowest BCUT2D eigenvalue weighted by Gasteiger charge is -2.03. The van der Waals surface area contributed by atoms with E-state index in [1.807, 2.05) is 36.4 Å². The van der Waals surface area contributed by atoms with E-state index in [-0.39, 0.29) is 5.57 Å². The summed E-state index contributed by atoms with van der Waals surface area (Å²) in [5, 5.41) is 1.13. The second kappa shape index (κ2) is 9.77. The zero-order valence-electron chi connectivity index (χ0n) is 15.2. The first kappa shape index (κ1) is 19.7. The zero-order valence-corrected chi connectivity index (χ0v) is 15.2. The van der Waals surface area contributed by atoms with Crippen LogP contribution in [-0.2, 0) is 19.1 Å². The number of carbonyl (C=O) groups excluding carboxylic acids is 2. The minimum Gasteiger partial charge on any atom is -0.465 e. The van der Waals surface area contributed by atoms with E-state index in [1.54, 1.807) is 30.3 Å². The highest BCUT2D eigenvalue weighted by Crippen LogP contribution is 2.18. The molecule has 0 saturated carbocycles. The van der Waals surface area contributed by atoms with Crippen LogP contribution in [0.4, 0.5) is 0 Å². The van der Waals surface area contributed by atoms with Crippen molar-refractivity contribution >= 4 is 35.1 Å². The van der Waals surface area contributed by atoms with Crippen LogP contribution in [0.5, 0.6) is 0 Å². The molecular weight excluding hydrogens is 344 g/mol. The number of furan rings is 1. The predicted molar refractivity (Wildman–Crippen MR) is 105 cm³/mol. The molecule has 0 unspecified atom stereocenters. The quantitative estimate of drug-likeness (QED) is 0.295. The van der Waals surface area contributed by atoms with Crippen LogP contribution in [0.1, 0.15) is 11.3 Å². The third-order valence-electron chi connectivity index (χ3n) is 3.57. The van der Waals surface area contributed by atoms with E-state index in [1.165, 1.54) is 20.3 Å². The SMILES string of the molecule is C=Cc1cc2ccccc2o1.COC(=O)C(=Cc1ccccc1)C(=O)OC. The minimum absolute atomic E-state index is 0.129. The predicted octanol–water partition coefficient (Wildman–Crippen LogP) is 4.49. The van der Waals surface area contributed by atoms with Gasteiger partial charge in [0, 0.05) is 5.39 Å². The number of methoxy groups -OCH3 is 2. The Balaban J connectivity index is 0.000000206. The van der Waals surface area contributed by atoms with Crippen molar-refractivity contribution in [2.24, 2.45) is 0 Å². The molecule has 0 fully saturated rings. The number of rotatable bonds is 4. The first-order valence-electron chi connectivity index (χ1n) is 8.13. The van der Waals surface area contributed by atoms with Crippen molar-refractivity contribution in [3.8, 4) is 0 Å². The highest BCUT2D eigenvalue weighted by molar-refractivity contribution is 6.17. The molecule has 0 bridgehead atoms. The van der Waals surface area contributed by atoms with Crippen LogP contribution >= 0.6 is 0 Å². The molecule has 0 radical (unpaired) electrons.